The van der Waals surface area contributed by atoms with Crippen molar-refractivity contribution in [3.63, 3.8) is 0 Å². The van der Waals surface area contributed by atoms with E-state index in [1.165, 1.54) is 0 Å². The Bertz CT molecular complexity index is 356. The Kier molecular flexibility index (Phi) is 2.51. The van der Waals surface area contributed by atoms with E-state index in [2.05, 4.69) is 10.7 Å². The van der Waals surface area contributed by atoms with Crippen LogP contribution in [0.25, 0.3) is 0 Å². The van der Waals surface area contributed by atoms with Gasteiger partial charge in [-0.2, -0.15) is 0 Å². The Morgan fingerprint density at radius 3 is 3.07 bits per heavy atom. The number of nitrogens with one attached hydrogen (secondary N) is 2. The molecule has 0 saturated carbocycles. The molecule has 5 heteroatoms. The van der Waals surface area contributed by atoms with Crippen LogP contribution in [0, 0.1) is 0 Å². The lowest BCUT2D eigenvalue weighted by molar-refractivity contribution is 0.324. The standard InChI is InChI=1S/C9H11N3OS/c10-12-9(14)11-7-5-13-8-4-2-1-3-6(7)8/h1-4,7H,5,10H2,(H2,11,12,14). The molecule has 0 aliphatic carbocycles. The Balaban J connectivity index is 2.14. The molecule has 1 aliphatic heterocycles. The Morgan fingerprint density at radius 1 is 1.50 bits per heavy atom. The second-order valence-corrected chi connectivity index (χ2v) is 3.43. The number of nitrogens with two attached hydrogens (primary N) is 1. The fourth-order valence-corrected chi connectivity index (χ4v) is 1.62. The number of thiocarbonyl (C=S) groups is 1. The van der Waals surface area contributed by atoms with Crippen molar-refractivity contribution in [2.24, 2.45) is 5.84 Å². The molecule has 0 amide bonds. The summed E-state index contributed by atoms with van der Waals surface area (Å²) in [6.07, 6.45) is 0. The van der Waals surface area contributed by atoms with Gasteiger partial charge in [-0.15, -0.1) is 0 Å². The van der Waals surface area contributed by atoms with Gasteiger partial charge in [-0.1, -0.05) is 18.2 Å². The molecule has 1 unspecified atom stereocenters. The smallest absolute Gasteiger partial charge is 0.181 e. The van der Waals surface area contributed by atoms with Crippen LogP contribution in [0.3, 0.4) is 0 Å². The molecule has 1 heterocycles. The Labute approximate surface area is 87.4 Å². The van der Waals surface area contributed by atoms with Gasteiger partial charge in [-0.05, 0) is 18.3 Å². The number of para-hydroxylation sites is 1. The summed E-state index contributed by atoms with van der Waals surface area (Å²) in [4.78, 5) is 0. The summed E-state index contributed by atoms with van der Waals surface area (Å²) in [5.41, 5.74) is 3.50. The normalized spacial score (nSPS) is 18.2. The van der Waals surface area contributed by atoms with Crippen LogP contribution in [0.15, 0.2) is 24.3 Å². The number of hydrogen-bond donors (Lipinski definition) is 3. The highest BCUT2D eigenvalue weighted by Gasteiger charge is 2.23. The predicted molar refractivity (Wildman–Crippen MR) is 57.7 cm³/mol. The quantitative estimate of drug-likeness (QED) is 0.356. The van der Waals surface area contributed by atoms with E-state index < -0.39 is 0 Å². The molecule has 1 atom stereocenters. The molecule has 2 rings (SSSR count). The number of fused-ring (bicyclic) bond motifs is 1. The van der Waals surface area contributed by atoms with Crippen molar-refractivity contribution < 1.29 is 4.74 Å². The largest absolute Gasteiger partial charge is 0.491 e. The molecule has 4 nitrogen and oxygen atoms in total. The Morgan fingerprint density at radius 2 is 2.29 bits per heavy atom. The van der Waals surface area contributed by atoms with Crippen molar-refractivity contribution in [3.05, 3.63) is 29.8 Å². The van der Waals surface area contributed by atoms with Crippen LogP contribution in [0.5, 0.6) is 5.75 Å². The summed E-state index contributed by atoms with van der Waals surface area (Å²) >= 11 is 4.92. The molecular formula is C9H11N3OS. The molecule has 1 aliphatic rings. The highest BCUT2D eigenvalue weighted by molar-refractivity contribution is 7.80. The number of hydrogen-bond acceptors (Lipinski definition) is 3. The summed E-state index contributed by atoms with van der Waals surface area (Å²) in [6, 6.07) is 7.96. The summed E-state index contributed by atoms with van der Waals surface area (Å²) in [5, 5.41) is 3.48. The second kappa shape index (κ2) is 3.81. The topological polar surface area (TPSA) is 59.3 Å². The van der Waals surface area contributed by atoms with Crippen LogP contribution >= 0.6 is 12.2 Å². The van der Waals surface area contributed by atoms with Gasteiger partial charge in [0, 0.05) is 5.56 Å². The van der Waals surface area contributed by atoms with Crippen molar-refractivity contribution in [2.45, 2.75) is 6.04 Å². The summed E-state index contributed by atoms with van der Waals surface area (Å²) in [7, 11) is 0. The van der Waals surface area contributed by atoms with E-state index in [0.717, 1.165) is 11.3 Å². The van der Waals surface area contributed by atoms with Gasteiger partial charge in [-0.25, -0.2) is 5.84 Å². The van der Waals surface area contributed by atoms with Gasteiger partial charge in [0.1, 0.15) is 12.4 Å². The third kappa shape index (κ3) is 1.64. The minimum atomic E-state index is 0.0924. The van der Waals surface area contributed by atoms with Crippen molar-refractivity contribution in [3.8, 4) is 5.75 Å². The average Bonchev–Trinajstić information content (AvgIpc) is 2.62. The summed E-state index contributed by atoms with van der Waals surface area (Å²) in [5.74, 6) is 6.08. The van der Waals surface area contributed by atoms with Gasteiger partial charge in [0.25, 0.3) is 0 Å². The number of ether oxygens (including phenoxy) is 1. The van der Waals surface area contributed by atoms with Crippen molar-refractivity contribution in [2.75, 3.05) is 6.61 Å². The number of benzene rings is 1. The Hall–Kier alpha value is -1.33. The van der Waals surface area contributed by atoms with Gasteiger partial charge < -0.3 is 15.5 Å². The molecule has 4 N–H and O–H groups in total. The average molecular weight is 209 g/mol. The van der Waals surface area contributed by atoms with Crippen LogP contribution in [-0.4, -0.2) is 11.7 Å². The molecule has 1 aromatic carbocycles. The van der Waals surface area contributed by atoms with Gasteiger partial charge in [-0.3, -0.25) is 0 Å². The highest BCUT2D eigenvalue weighted by Crippen LogP contribution is 2.31. The SMILES string of the molecule is NNC(=S)NC1COc2ccccc21. The zero-order valence-electron chi connectivity index (χ0n) is 7.49. The lowest BCUT2D eigenvalue weighted by Crippen LogP contribution is -2.41. The van der Waals surface area contributed by atoms with Crippen molar-refractivity contribution in [1.29, 1.82) is 0 Å². The first-order chi connectivity index (χ1) is 6.81. The molecule has 1 aromatic rings. The van der Waals surface area contributed by atoms with Crippen LogP contribution in [0.1, 0.15) is 11.6 Å². The lowest BCUT2D eigenvalue weighted by Gasteiger charge is -2.12. The second-order valence-electron chi connectivity index (χ2n) is 3.02. The zero-order chi connectivity index (χ0) is 9.97. The number of rotatable bonds is 1. The molecular weight excluding hydrogens is 198 g/mol. The molecule has 14 heavy (non-hydrogen) atoms. The van der Waals surface area contributed by atoms with E-state index in [4.69, 9.17) is 22.8 Å². The van der Waals surface area contributed by atoms with E-state index >= 15 is 0 Å². The van der Waals surface area contributed by atoms with Gasteiger partial charge in [0.15, 0.2) is 5.11 Å². The fourth-order valence-electron chi connectivity index (χ4n) is 1.48. The van der Waals surface area contributed by atoms with Crippen LogP contribution < -0.4 is 21.3 Å². The van der Waals surface area contributed by atoms with Crippen LogP contribution in [-0.2, 0) is 0 Å². The summed E-state index contributed by atoms with van der Waals surface area (Å²) in [6.45, 7) is 0.584. The van der Waals surface area contributed by atoms with E-state index in [9.17, 15) is 0 Å². The van der Waals surface area contributed by atoms with Crippen molar-refractivity contribution in [1.82, 2.24) is 10.7 Å². The van der Waals surface area contributed by atoms with Gasteiger partial charge in [0.2, 0.25) is 0 Å². The first-order valence-electron chi connectivity index (χ1n) is 4.30. The maximum Gasteiger partial charge on any atom is 0.181 e. The lowest BCUT2D eigenvalue weighted by atomic mass is 10.1. The third-order valence-corrected chi connectivity index (χ3v) is 2.37. The minimum Gasteiger partial charge on any atom is -0.491 e. The fraction of sp³-hybridized carbons (Fsp3) is 0.222. The molecule has 0 aromatic heterocycles. The zero-order valence-corrected chi connectivity index (χ0v) is 8.30. The first-order valence-corrected chi connectivity index (χ1v) is 4.71. The highest BCUT2D eigenvalue weighted by atomic mass is 32.1. The number of hydrazine groups is 1. The van der Waals surface area contributed by atoms with E-state index in [-0.39, 0.29) is 6.04 Å². The van der Waals surface area contributed by atoms with Crippen LogP contribution in [0.4, 0.5) is 0 Å². The van der Waals surface area contributed by atoms with E-state index in [0.29, 0.717) is 11.7 Å². The molecule has 0 radical (unpaired) electrons. The molecule has 0 fully saturated rings. The minimum absolute atomic E-state index is 0.0924. The molecule has 0 saturated heterocycles. The predicted octanol–water partition coefficient (Wildman–Crippen LogP) is 0.458. The monoisotopic (exact) mass is 209 g/mol. The van der Waals surface area contributed by atoms with Crippen molar-refractivity contribution >= 4 is 17.3 Å². The summed E-state index contributed by atoms with van der Waals surface area (Å²) < 4.78 is 5.47. The molecule has 74 valence electrons. The van der Waals surface area contributed by atoms with Gasteiger partial charge in [0.05, 0.1) is 6.04 Å². The van der Waals surface area contributed by atoms with Gasteiger partial charge >= 0.3 is 0 Å². The van der Waals surface area contributed by atoms with Crippen LogP contribution in [0.2, 0.25) is 0 Å². The van der Waals surface area contributed by atoms with E-state index in [1.54, 1.807) is 0 Å². The third-order valence-electron chi connectivity index (χ3n) is 2.14. The first kappa shape index (κ1) is 9.23. The van der Waals surface area contributed by atoms with E-state index in [1.807, 2.05) is 24.3 Å². The maximum atomic E-state index is 5.47. The molecule has 0 bridgehead atoms. The molecule has 0 spiro atoms. The maximum absolute atomic E-state index is 5.47.